The van der Waals surface area contributed by atoms with Crippen LogP contribution in [0.4, 0.5) is 0 Å². The maximum atomic E-state index is 11.5. The normalized spacial score (nSPS) is 10.1. The molecule has 88 valence electrons. The van der Waals surface area contributed by atoms with Crippen molar-refractivity contribution in [2.24, 2.45) is 0 Å². The number of hydrogen-bond donors (Lipinski definition) is 0. The second-order valence-electron chi connectivity index (χ2n) is 3.10. The molecule has 0 aliphatic rings. The number of carbonyl (C=O) groups is 2. The lowest BCUT2D eigenvalue weighted by Crippen LogP contribution is -2.03. The quantitative estimate of drug-likeness (QED) is 0.459. The van der Waals surface area contributed by atoms with Crippen molar-refractivity contribution in [3.05, 3.63) is 23.7 Å². The molecule has 0 amide bonds. The molecule has 0 saturated carbocycles. The van der Waals surface area contributed by atoms with Crippen LogP contribution in [0.2, 0.25) is 0 Å². The van der Waals surface area contributed by atoms with Crippen molar-refractivity contribution in [2.75, 3.05) is 11.9 Å². The van der Waals surface area contributed by atoms with Crippen LogP contribution in [-0.2, 0) is 4.74 Å². The first-order valence-electron chi connectivity index (χ1n) is 5.05. The number of halogens is 1. The highest BCUT2D eigenvalue weighted by molar-refractivity contribution is 9.09. The van der Waals surface area contributed by atoms with Gasteiger partial charge >= 0.3 is 5.97 Å². The van der Waals surface area contributed by atoms with Crippen LogP contribution in [0.25, 0.3) is 0 Å². The van der Waals surface area contributed by atoms with Gasteiger partial charge in [0.05, 0.1) is 6.61 Å². The lowest BCUT2D eigenvalue weighted by atomic mass is 10.2. The number of rotatable bonds is 6. The molecule has 0 saturated heterocycles. The summed E-state index contributed by atoms with van der Waals surface area (Å²) in [5.74, 6) is -0.356. The Bertz CT molecular complexity index is 370. The van der Waals surface area contributed by atoms with E-state index in [4.69, 9.17) is 9.15 Å². The highest BCUT2D eigenvalue weighted by atomic mass is 79.9. The Morgan fingerprint density at radius 1 is 1.38 bits per heavy atom. The van der Waals surface area contributed by atoms with E-state index in [1.165, 1.54) is 12.1 Å². The summed E-state index contributed by atoms with van der Waals surface area (Å²) >= 11 is 3.24. The van der Waals surface area contributed by atoms with Crippen LogP contribution in [0.3, 0.4) is 0 Å². The van der Waals surface area contributed by atoms with E-state index in [1.54, 1.807) is 6.92 Å². The minimum Gasteiger partial charge on any atom is -0.460 e. The molecule has 0 atom stereocenters. The third kappa shape index (κ3) is 3.48. The third-order valence-corrected chi connectivity index (χ3v) is 2.46. The molecule has 0 aliphatic heterocycles. The number of alkyl halides is 1. The van der Waals surface area contributed by atoms with E-state index in [2.05, 4.69) is 15.9 Å². The molecule has 0 unspecified atom stereocenters. The van der Waals surface area contributed by atoms with Gasteiger partial charge in [0.15, 0.2) is 11.5 Å². The Kier molecular flexibility index (Phi) is 5.25. The van der Waals surface area contributed by atoms with Gasteiger partial charge in [-0.05, 0) is 25.5 Å². The summed E-state index contributed by atoms with van der Waals surface area (Å²) in [6.45, 7) is 2.00. The summed E-state index contributed by atoms with van der Waals surface area (Å²) in [7, 11) is 0. The Morgan fingerprint density at radius 3 is 2.69 bits per heavy atom. The van der Waals surface area contributed by atoms with Gasteiger partial charge < -0.3 is 9.15 Å². The molecule has 0 radical (unpaired) electrons. The zero-order chi connectivity index (χ0) is 12.0. The lowest BCUT2D eigenvalue weighted by Gasteiger charge is -1.97. The highest BCUT2D eigenvalue weighted by Gasteiger charge is 2.15. The number of hydrogen-bond acceptors (Lipinski definition) is 4. The topological polar surface area (TPSA) is 56.5 Å². The summed E-state index contributed by atoms with van der Waals surface area (Å²) < 4.78 is 9.87. The molecule has 5 heteroatoms. The molecule has 0 spiro atoms. The van der Waals surface area contributed by atoms with Crippen molar-refractivity contribution in [3.63, 3.8) is 0 Å². The van der Waals surface area contributed by atoms with E-state index in [-0.39, 0.29) is 23.9 Å². The molecule has 1 aromatic heterocycles. The summed E-state index contributed by atoms with van der Waals surface area (Å²) in [6.07, 6.45) is 1.15. The van der Waals surface area contributed by atoms with Gasteiger partial charge in [-0.1, -0.05) is 15.9 Å². The van der Waals surface area contributed by atoms with Gasteiger partial charge in [0.2, 0.25) is 5.76 Å². The molecule has 0 bridgehead atoms. The Balaban J connectivity index is 2.63. The molecule has 16 heavy (non-hydrogen) atoms. The average molecular weight is 289 g/mol. The monoisotopic (exact) mass is 288 g/mol. The van der Waals surface area contributed by atoms with E-state index in [9.17, 15) is 9.59 Å². The van der Waals surface area contributed by atoms with E-state index < -0.39 is 5.97 Å². The van der Waals surface area contributed by atoms with Crippen molar-refractivity contribution in [3.8, 4) is 0 Å². The molecule has 1 rings (SSSR count). The van der Waals surface area contributed by atoms with Crippen molar-refractivity contribution >= 4 is 27.7 Å². The fourth-order valence-electron chi connectivity index (χ4n) is 1.15. The Hall–Kier alpha value is -1.10. The fraction of sp³-hybridized carbons (Fsp3) is 0.455. The molecule has 0 fully saturated rings. The van der Waals surface area contributed by atoms with E-state index in [1.807, 2.05) is 0 Å². The van der Waals surface area contributed by atoms with Crippen LogP contribution in [0.15, 0.2) is 16.5 Å². The van der Waals surface area contributed by atoms with Gasteiger partial charge in [0.25, 0.3) is 0 Å². The maximum absolute atomic E-state index is 11.5. The van der Waals surface area contributed by atoms with Crippen molar-refractivity contribution in [1.82, 2.24) is 0 Å². The number of ketones is 1. The molecule has 0 aliphatic carbocycles. The van der Waals surface area contributed by atoms with Gasteiger partial charge in [-0.15, -0.1) is 0 Å². The zero-order valence-corrected chi connectivity index (χ0v) is 10.6. The van der Waals surface area contributed by atoms with Crippen LogP contribution < -0.4 is 0 Å². The summed E-state index contributed by atoms with van der Waals surface area (Å²) in [4.78, 5) is 22.8. The van der Waals surface area contributed by atoms with Crippen LogP contribution in [-0.4, -0.2) is 23.7 Å². The van der Waals surface area contributed by atoms with Crippen molar-refractivity contribution < 1.29 is 18.7 Å². The molecule has 1 heterocycles. The Labute approximate surface area is 102 Å². The molecule has 1 aromatic rings. The molecule has 0 N–H and O–H groups in total. The summed E-state index contributed by atoms with van der Waals surface area (Å²) in [6, 6.07) is 2.96. The molecule has 0 aromatic carbocycles. The standard InChI is InChI=1S/C11H13BrO4/c1-2-15-11(14)10-6-5-9(16-10)8(13)4-3-7-12/h5-6H,2-4,7H2,1H3. The molecular formula is C11H13BrO4. The lowest BCUT2D eigenvalue weighted by molar-refractivity contribution is 0.0488. The highest BCUT2D eigenvalue weighted by Crippen LogP contribution is 2.12. The van der Waals surface area contributed by atoms with Gasteiger partial charge in [0.1, 0.15) is 0 Å². The SMILES string of the molecule is CCOC(=O)c1ccc(C(=O)CCCBr)o1. The predicted octanol–water partition coefficient (Wildman–Crippen LogP) is 2.81. The van der Waals surface area contributed by atoms with E-state index in [0.29, 0.717) is 6.42 Å². The van der Waals surface area contributed by atoms with Crippen LogP contribution in [0.1, 0.15) is 40.9 Å². The zero-order valence-electron chi connectivity index (χ0n) is 8.99. The van der Waals surface area contributed by atoms with Crippen molar-refractivity contribution in [1.29, 1.82) is 0 Å². The first-order valence-corrected chi connectivity index (χ1v) is 6.17. The second kappa shape index (κ2) is 6.48. The van der Waals surface area contributed by atoms with Gasteiger partial charge in [-0.3, -0.25) is 4.79 Å². The molecular weight excluding hydrogens is 276 g/mol. The fourth-order valence-corrected chi connectivity index (χ4v) is 1.43. The van der Waals surface area contributed by atoms with Gasteiger partial charge in [0, 0.05) is 11.8 Å². The minimum absolute atomic E-state index is 0.0732. The van der Waals surface area contributed by atoms with E-state index >= 15 is 0 Å². The van der Waals surface area contributed by atoms with Crippen LogP contribution in [0, 0.1) is 0 Å². The molecule has 4 nitrogen and oxygen atoms in total. The number of Topliss-reactive ketones (excluding diaryl/α,β-unsaturated/α-hetero) is 1. The minimum atomic E-state index is -0.540. The number of esters is 1. The first kappa shape index (κ1) is 13.0. The second-order valence-corrected chi connectivity index (χ2v) is 3.89. The van der Waals surface area contributed by atoms with Crippen molar-refractivity contribution in [2.45, 2.75) is 19.8 Å². The number of carbonyl (C=O) groups excluding carboxylic acids is 2. The first-order chi connectivity index (χ1) is 7.69. The average Bonchev–Trinajstić information content (AvgIpc) is 2.75. The summed E-state index contributed by atoms with van der Waals surface area (Å²) in [5.41, 5.74) is 0. The maximum Gasteiger partial charge on any atom is 0.374 e. The Morgan fingerprint density at radius 2 is 2.06 bits per heavy atom. The summed E-state index contributed by atoms with van der Waals surface area (Å²) in [5, 5.41) is 0.768. The van der Waals surface area contributed by atoms with Gasteiger partial charge in [-0.2, -0.15) is 0 Å². The number of furan rings is 1. The van der Waals surface area contributed by atoms with Crippen LogP contribution in [0.5, 0.6) is 0 Å². The predicted molar refractivity (Wildman–Crippen MR) is 62.0 cm³/mol. The third-order valence-electron chi connectivity index (χ3n) is 1.89. The number of ether oxygens (including phenoxy) is 1. The van der Waals surface area contributed by atoms with E-state index in [0.717, 1.165) is 11.8 Å². The van der Waals surface area contributed by atoms with Crippen LogP contribution >= 0.6 is 15.9 Å². The van der Waals surface area contributed by atoms with Gasteiger partial charge in [-0.25, -0.2) is 4.79 Å². The largest absolute Gasteiger partial charge is 0.460 e. The smallest absolute Gasteiger partial charge is 0.374 e.